The lowest BCUT2D eigenvalue weighted by atomic mass is 10.3. The van der Waals surface area contributed by atoms with Crippen LogP contribution < -0.4 is 9.47 Å². The van der Waals surface area contributed by atoms with Crippen molar-refractivity contribution < 1.29 is 22.7 Å². The molecule has 9 heteroatoms. The summed E-state index contributed by atoms with van der Waals surface area (Å²) in [6, 6.07) is 8.39. The molecule has 0 bridgehead atoms. The summed E-state index contributed by atoms with van der Waals surface area (Å²) in [5.74, 6) is 0.865. The van der Waals surface area contributed by atoms with Gasteiger partial charge in [0.05, 0.1) is 25.5 Å². The number of hydrogen-bond donors (Lipinski definition) is 0. The molecule has 2 heterocycles. The lowest BCUT2D eigenvalue weighted by molar-refractivity contribution is -0.131. The Bertz CT molecular complexity index is 888. The van der Waals surface area contributed by atoms with Crippen molar-refractivity contribution in [2.75, 3.05) is 40.4 Å². The number of hydrogen-bond acceptors (Lipinski definition) is 6. The number of carbonyl (C=O) groups excluding carboxylic acids is 1. The zero-order valence-corrected chi connectivity index (χ0v) is 16.9. The van der Waals surface area contributed by atoms with E-state index in [1.165, 1.54) is 30.7 Å². The second-order valence-electron chi connectivity index (χ2n) is 6.06. The maximum atomic E-state index is 12.9. The van der Waals surface area contributed by atoms with E-state index in [4.69, 9.17) is 9.47 Å². The predicted octanol–water partition coefficient (Wildman–Crippen LogP) is 1.84. The molecule has 0 atom stereocenters. The first-order chi connectivity index (χ1) is 13.0. The molecule has 2 aromatic rings. The van der Waals surface area contributed by atoms with Crippen molar-refractivity contribution in [3.63, 3.8) is 0 Å². The van der Waals surface area contributed by atoms with Crippen LogP contribution in [0.25, 0.3) is 0 Å². The fraction of sp³-hybridized carbons (Fsp3) is 0.389. The standard InChI is InChI=1S/C18H22N2O5S2/c1-24-16-6-5-15(13-17(16)25-2)27(22,23)20-9-7-19(8-10-20)18(21)12-14-4-3-11-26-14/h3-6,11,13H,7-10,12H2,1-2H3. The van der Waals surface area contributed by atoms with E-state index < -0.39 is 10.0 Å². The molecule has 146 valence electrons. The molecule has 0 spiro atoms. The molecule has 0 unspecified atom stereocenters. The van der Waals surface area contributed by atoms with E-state index in [-0.39, 0.29) is 23.9 Å². The first-order valence-electron chi connectivity index (χ1n) is 8.48. The van der Waals surface area contributed by atoms with Gasteiger partial charge >= 0.3 is 0 Å². The molecule has 1 saturated heterocycles. The van der Waals surface area contributed by atoms with E-state index in [0.717, 1.165) is 4.88 Å². The van der Waals surface area contributed by atoms with Gasteiger partial charge in [-0.05, 0) is 23.6 Å². The van der Waals surface area contributed by atoms with Gasteiger partial charge in [0.15, 0.2) is 11.5 Å². The van der Waals surface area contributed by atoms with Crippen LogP contribution >= 0.6 is 11.3 Å². The minimum Gasteiger partial charge on any atom is -0.493 e. The predicted molar refractivity (Wildman–Crippen MR) is 103 cm³/mol. The highest BCUT2D eigenvalue weighted by Gasteiger charge is 2.30. The Balaban J connectivity index is 1.67. The van der Waals surface area contributed by atoms with Gasteiger partial charge in [0, 0.05) is 37.1 Å². The molecule has 0 radical (unpaired) electrons. The van der Waals surface area contributed by atoms with Gasteiger partial charge < -0.3 is 14.4 Å². The lowest BCUT2D eigenvalue weighted by Crippen LogP contribution is -2.50. The molecule has 1 fully saturated rings. The quantitative estimate of drug-likeness (QED) is 0.726. The normalized spacial score (nSPS) is 15.6. The summed E-state index contributed by atoms with van der Waals surface area (Å²) >= 11 is 1.55. The number of ether oxygens (including phenoxy) is 2. The van der Waals surface area contributed by atoms with Gasteiger partial charge in [0.25, 0.3) is 0 Å². The molecule has 1 aliphatic rings. The maximum absolute atomic E-state index is 12.9. The number of sulfonamides is 1. The number of carbonyl (C=O) groups is 1. The zero-order chi connectivity index (χ0) is 19.4. The average Bonchev–Trinajstić information content (AvgIpc) is 3.20. The van der Waals surface area contributed by atoms with Crippen LogP contribution in [0.3, 0.4) is 0 Å². The third-order valence-corrected chi connectivity index (χ3v) is 7.26. The van der Waals surface area contributed by atoms with Crippen molar-refractivity contribution in [2.24, 2.45) is 0 Å². The first-order valence-corrected chi connectivity index (χ1v) is 10.8. The van der Waals surface area contributed by atoms with Crippen LogP contribution in [0.1, 0.15) is 4.88 Å². The summed E-state index contributed by atoms with van der Waals surface area (Å²) in [5, 5.41) is 1.94. The fourth-order valence-electron chi connectivity index (χ4n) is 2.98. The van der Waals surface area contributed by atoms with Crippen molar-refractivity contribution in [3.8, 4) is 11.5 Å². The van der Waals surface area contributed by atoms with Crippen molar-refractivity contribution >= 4 is 27.3 Å². The highest BCUT2D eigenvalue weighted by Crippen LogP contribution is 2.30. The van der Waals surface area contributed by atoms with Crippen LogP contribution in [-0.2, 0) is 21.2 Å². The van der Waals surface area contributed by atoms with Gasteiger partial charge in [-0.25, -0.2) is 8.42 Å². The van der Waals surface area contributed by atoms with Gasteiger partial charge in [0.2, 0.25) is 15.9 Å². The highest BCUT2D eigenvalue weighted by atomic mass is 32.2. The van der Waals surface area contributed by atoms with Crippen LogP contribution in [0, 0.1) is 0 Å². The van der Waals surface area contributed by atoms with Gasteiger partial charge in [-0.15, -0.1) is 11.3 Å². The van der Waals surface area contributed by atoms with Crippen LogP contribution in [0.4, 0.5) is 0 Å². The molecule has 0 saturated carbocycles. The molecule has 3 rings (SSSR count). The number of nitrogens with zero attached hydrogens (tertiary/aromatic N) is 2. The van der Waals surface area contributed by atoms with E-state index in [9.17, 15) is 13.2 Å². The van der Waals surface area contributed by atoms with E-state index in [1.54, 1.807) is 22.3 Å². The first kappa shape index (κ1) is 19.7. The smallest absolute Gasteiger partial charge is 0.243 e. The fourth-order valence-corrected chi connectivity index (χ4v) is 5.11. The molecule has 1 aromatic carbocycles. The van der Waals surface area contributed by atoms with E-state index >= 15 is 0 Å². The minimum absolute atomic E-state index is 0.0283. The van der Waals surface area contributed by atoms with Crippen molar-refractivity contribution in [2.45, 2.75) is 11.3 Å². The van der Waals surface area contributed by atoms with E-state index in [2.05, 4.69) is 0 Å². The number of rotatable bonds is 6. The maximum Gasteiger partial charge on any atom is 0.243 e. The third-order valence-electron chi connectivity index (χ3n) is 4.49. The molecule has 0 aliphatic carbocycles. The van der Waals surface area contributed by atoms with Gasteiger partial charge in [0.1, 0.15) is 0 Å². The Morgan fingerprint density at radius 2 is 1.78 bits per heavy atom. The largest absolute Gasteiger partial charge is 0.493 e. The number of amides is 1. The Kier molecular flexibility index (Phi) is 6.03. The van der Waals surface area contributed by atoms with Crippen LogP contribution in [0.2, 0.25) is 0 Å². The van der Waals surface area contributed by atoms with Crippen molar-refractivity contribution in [1.29, 1.82) is 0 Å². The molecule has 7 nitrogen and oxygen atoms in total. The second kappa shape index (κ2) is 8.28. The molecule has 1 aliphatic heterocycles. The van der Waals surface area contributed by atoms with Crippen LogP contribution in [-0.4, -0.2) is 63.9 Å². The second-order valence-corrected chi connectivity index (χ2v) is 9.03. The molecule has 27 heavy (non-hydrogen) atoms. The summed E-state index contributed by atoms with van der Waals surface area (Å²) in [6.07, 6.45) is 0.361. The Hall–Kier alpha value is -2.10. The molecule has 1 aromatic heterocycles. The summed E-state index contributed by atoms with van der Waals surface area (Å²) in [7, 11) is -0.694. The summed E-state index contributed by atoms with van der Waals surface area (Å²) in [4.78, 5) is 15.3. The van der Waals surface area contributed by atoms with Crippen molar-refractivity contribution in [1.82, 2.24) is 9.21 Å². The average molecular weight is 411 g/mol. The minimum atomic E-state index is -3.66. The molecular formula is C18H22N2O5S2. The third kappa shape index (κ3) is 4.26. The number of methoxy groups -OCH3 is 2. The summed E-state index contributed by atoms with van der Waals surface area (Å²) in [6.45, 7) is 1.31. The SMILES string of the molecule is COc1ccc(S(=O)(=O)N2CCN(C(=O)Cc3cccs3)CC2)cc1OC. The van der Waals surface area contributed by atoms with E-state index in [0.29, 0.717) is 31.0 Å². The number of thiophene rings is 1. The Morgan fingerprint density at radius 3 is 2.37 bits per heavy atom. The Morgan fingerprint density at radius 1 is 1.07 bits per heavy atom. The van der Waals surface area contributed by atoms with Gasteiger partial charge in [-0.3, -0.25) is 4.79 Å². The number of piperazine rings is 1. The molecular weight excluding hydrogens is 388 g/mol. The molecule has 1 amide bonds. The van der Waals surface area contributed by atoms with Gasteiger partial charge in [-0.2, -0.15) is 4.31 Å². The van der Waals surface area contributed by atoms with Crippen LogP contribution in [0.15, 0.2) is 40.6 Å². The summed E-state index contributed by atoms with van der Waals surface area (Å²) < 4.78 is 37.6. The monoisotopic (exact) mass is 410 g/mol. The topological polar surface area (TPSA) is 76.2 Å². The van der Waals surface area contributed by atoms with Crippen LogP contribution in [0.5, 0.6) is 11.5 Å². The Labute approximate surface area is 163 Å². The summed E-state index contributed by atoms with van der Waals surface area (Å²) in [5.41, 5.74) is 0. The highest BCUT2D eigenvalue weighted by molar-refractivity contribution is 7.89. The lowest BCUT2D eigenvalue weighted by Gasteiger charge is -2.34. The van der Waals surface area contributed by atoms with Crippen molar-refractivity contribution in [3.05, 3.63) is 40.6 Å². The zero-order valence-electron chi connectivity index (χ0n) is 15.3. The van der Waals surface area contributed by atoms with E-state index in [1.807, 2.05) is 17.5 Å². The van der Waals surface area contributed by atoms with Gasteiger partial charge in [-0.1, -0.05) is 6.07 Å². The number of benzene rings is 1. The molecule has 0 N–H and O–H groups in total.